The lowest BCUT2D eigenvalue weighted by molar-refractivity contribution is -0.137. The maximum absolute atomic E-state index is 12.5. The first-order valence-electron chi connectivity index (χ1n) is 8.48. The van der Waals surface area contributed by atoms with Crippen molar-refractivity contribution in [1.82, 2.24) is 9.80 Å². The number of methoxy groups -OCH3 is 1. The Morgan fingerprint density at radius 1 is 1.10 bits per heavy atom. The van der Waals surface area contributed by atoms with Crippen LogP contribution in [-0.2, 0) is 9.53 Å². The third-order valence-electron chi connectivity index (χ3n) is 5.42. The third-order valence-corrected chi connectivity index (χ3v) is 5.42. The lowest BCUT2D eigenvalue weighted by atomic mass is 9.92. The van der Waals surface area contributed by atoms with E-state index >= 15 is 0 Å². The van der Waals surface area contributed by atoms with Gasteiger partial charge in [-0.3, -0.25) is 9.69 Å². The minimum Gasteiger partial charge on any atom is -0.380 e. The van der Waals surface area contributed by atoms with E-state index in [1.807, 2.05) is 7.11 Å². The fourth-order valence-electron chi connectivity index (χ4n) is 4.01. The molecule has 3 rings (SSSR count). The summed E-state index contributed by atoms with van der Waals surface area (Å²) in [5, 5.41) is 0. The molecule has 2 saturated heterocycles. The normalized spacial score (nSPS) is 31.8. The van der Waals surface area contributed by atoms with Crippen LogP contribution < -0.4 is 0 Å². The molecule has 0 aromatic rings. The summed E-state index contributed by atoms with van der Waals surface area (Å²) in [7, 11) is 1.81. The molecular weight excluding hydrogens is 264 g/mol. The molecule has 118 valence electrons. The van der Waals surface area contributed by atoms with Crippen molar-refractivity contribution in [2.24, 2.45) is 5.92 Å². The van der Waals surface area contributed by atoms with Crippen molar-refractivity contribution >= 4 is 5.91 Å². The number of ether oxygens (including phenoxy) is 1. The Hall–Kier alpha value is -0.870. The molecule has 0 unspecified atom stereocenters. The number of allylic oxidation sites excluding steroid dienone is 2. The van der Waals surface area contributed by atoms with Gasteiger partial charge in [-0.1, -0.05) is 12.2 Å². The van der Waals surface area contributed by atoms with Crippen LogP contribution in [0.25, 0.3) is 0 Å². The van der Waals surface area contributed by atoms with E-state index < -0.39 is 0 Å². The fourth-order valence-corrected chi connectivity index (χ4v) is 4.01. The zero-order valence-electron chi connectivity index (χ0n) is 13.2. The smallest absolute Gasteiger partial charge is 0.226 e. The zero-order chi connectivity index (χ0) is 14.7. The van der Waals surface area contributed by atoms with Crippen molar-refractivity contribution < 1.29 is 9.53 Å². The van der Waals surface area contributed by atoms with Gasteiger partial charge in [0.25, 0.3) is 0 Å². The Bertz CT molecular complexity index is 388. The first-order valence-corrected chi connectivity index (χ1v) is 8.48. The lowest BCUT2D eigenvalue weighted by Crippen LogP contribution is -2.48. The molecule has 0 aromatic carbocycles. The van der Waals surface area contributed by atoms with Gasteiger partial charge in [-0.15, -0.1) is 0 Å². The Balaban J connectivity index is 1.46. The summed E-state index contributed by atoms with van der Waals surface area (Å²) in [4.78, 5) is 17.2. The van der Waals surface area contributed by atoms with Crippen molar-refractivity contribution in [2.75, 3.05) is 33.3 Å². The number of carbonyl (C=O) groups excluding carboxylic acids is 1. The standard InChI is InChI=1S/C17H28N2O2/c1-21-16-9-12-19(13-16)15-7-10-18(11-8-15)17(20)14-5-3-2-4-6-14/h2-3,14-16H,4-13H2,1H3/t14-,16+/m1/s1. The van der Waals surface area contributed by atoms with Crippen LogP contribution in [0.15, 0.2) is 12.2 Å². The largest absolute Gasteiger partial charge is 0.380 e. The maximum atomic E-state index is 12.5. The van der Waals surface area contributed by atoms with Gasteiger partial charge in [-0.05, 0) is 38.5 Å². The minimum absolute atomic E-state index is 0.246. The summed E-state index contributed by atoms with van der Waals surface area (Å²) < 4.78 is 5.46. The topological polar surface area (TPSA) is 32.8 Å². The quantitative estimate of drug-likeness (QED) is 0.746. The molecule has 4 nitrogen and oxygen atoms in total. The average molecular weight is 292 g/mol. The number of hydrogen-bond acceptors (Lipinski definition) is 3. The van der Waals surface area contributed by atoms with Crippen LogP contribution in [-0.4, -0.2) is 61.1 Å². The number of likely N-dealkylation sites (tertiary alicyclic amines) is 2. The van der Waals surface area contributed by atoms with Gasteiger partial charge in [0.2, 0.25) is 5.91 Å². The second-order valence-corrected chi connectivity index (χ2v) is 6.68. The fraction of sp³-hybridized carbons (Fsp3) is 0.824. The molecule has 2 fully saturated rings. The molecule has 3 aliphatic rings. The number of piperidine rings is 1. The highest BCUT2D eigenvalue weighted by molar-refractivity contribution is 5.79. The summed E-state index contributed by atoms with van der Waals surface area (Å²) in [5.74, 6) is 0.644. The molecule has 0 radical (unpaired) electrons. The summed E-state index contributed by atoms with van der Waals surface area (Å²) in [5.41, 5.74) is 0. The predicted molar refractivity (Wildman–Crippen MR) is 83.1 cm³/mol. The van der Waals surface area contributed by atoms with Crippen LogP contribution in [0, 0.1) is 5.92 Å². The summed E-state index contributed by atoms with van der Waals surface area (Å²) in [6.45, 7) is 4.11. The average Bonchev–Trinajstić information content (AvgIpc) is 3.04. The maximum Gasteiger partial charge on any atom is 0.226 e. The van der Waals surface area contributed by atoms with Crippen LogP contribution >= 0.6 is 0 Å². The summed E-state index contributed by atoms with van der Waals surface area (Å²) in [6.07, 6.45) is 11.3. The van der Waals surface area contributed by atoms with E-state index in [1.165, 1.54) is 0 Å². The molecule has 0 aromatic heterocycles. The van der Waals surface area contributed by atoms with Crippen molar-refractivity contribution in [3.05, 3.63) is 12.2 Å². The molecule has 21 heavy (non-hydrogen) atoms. The molecule has 0 saturated carbocycles. The van der Waals surface area contributed by atoms with E-state index in [0.717, 1.165) is 64.7 Å². The molecule has 1 amide bonds. The first kappa shape index (κ1) is 15.0. The van der Waals surface area contributed by atoms with E-state index in [1.54, 1.807) is 0 Å². The van der Waals surface area contributed by atoms with E-state index in [-0.39, 0.29) is 5.92 Å². The molecule has 0 spiro atoms. The van der Waals surface area contributed by atoms with Crippen molar-refractivity contribution in [3.8, 4) is 0 Å². The number of rotatable bonds is 3. The SMILES string of the molecule is CO[C@H]1CCN(C2CCN(C(=O)[C@@H]3CC=CCC3)CC2)C1. The van der Waals surface area contributed by atoms with Gasteiger partial charge in [0, 0.05) is 45.2 Å². The number of amides is 1. The second-order valence-electron chi connectivity index (χ2n) is 6.68. The highest BCUT2D eigenvalue weighted by Crippen LogP contribution is 2.26. The third kappa shape index (κ3) is 3.49. The number of carbonyl (C=O) groups is 1. The summed E-state index contributed by atoms with van der Waals surface area (Å²) in [6, 6.07) is 0.653. The van der Waals surface area contributed by atoms with Crippen molar-refractivity contribution in [2.45, 2.75) is 50.7 Å². The van der Waals surface area contributed by atoms with Crippen LogP contribution in [0.1, 0.15) is 38.5 Å². The van der Waals surface area contributed by atoms with Gasteiger partial charge in [0.05, 0.1) is 6.10 Å². The molecule has 0 bridgehead atoms. The monoisotopic (exact) mass is 292 g/mol. The van der Waals surface area contributed by atoms with Gasteiger partial charge < -0.3 is 9.64 Å². The summed E-state index contributed by atoms with van der Waals surface area (Å²) >= 11 is 0. The van der Waals surface area contributed by atoms with E-state index in [0.29, 0.717) is 18.1 Å². The van der Waals surface area contributed by atoms with E-state index in [9.17, 15) is 4.79 Å². The molecule has 2 atom stereocenters. The van der Waals surface area contributed by atoms with Gasteiger partial charge in [-0.25, -0.2) is 0 Å². The Kier molecular flexibility index (Phi) is 4.96. The van der Waals surface area contributed by atoms with E-state index in [4.69, 9.17) is 4.74 Å². The minimum atomic E-state index is 0.246. The van der Waals surface area contributed by atoms with Crippen LogP contribution in [0.5, 0.6) is 0 Å². The molecule has 2 aliphatic heterocycles. The van der Waals surface area contributed by atoms with Gasteiger partial charge in [0.15, 0.2) is 0 Å². The second kappa shape index (κ2) is 6.93. The van der Waals surface area contributed by atoms with Gasteiger partial charge in [0.1, 0.15) is 0 Å². The van der Waals surface area contributed by atoms with Crippen molar-refractivity contribution in [1.29, 1.82) is 0 Å². The van der Waals surface area contributed by atoms with Crippen LogP contribution in [0.2, 0.25) is 0 Å². The lowest BCUT2D eigenvalue weighted by Gasteiger charge is -2.38. The Morgan fingerprint density at radius 3 is 2.52 bits per heavy atom. The van der Waals surface area contributed by atoms with E-state index in [2.05, 4.69) is 22.0 Å². The molecule has 0 N–H and O–H groups in total. The Labute approximate surface area is 128 Å². The van der Waals surface area contributed by atoms with Gasteiger partial charge >= 0.3 is 0 Å². The highest BCUT2D eigenvalue weighted by Gasteiger charge is 2.33. The molecule has 2 heterocycles. The molecule has 4 heteroatoms. The molecular formula is C17H28N2O2. The first-order chi connectivity index (χ1) is 10.3. The molecule has 1 aliphatic carbocycles. The number of hydrogen-bond donors (Lipinski definition) is 0. The highest BCUT2D eigenvalue weighted by atomic mass is 16.5. The number of nitrogens with zero attached hydrogens (tertiary/aromatic N) is 2. The van der Waals surface area contributed by atoms with Crippen LogP contribution in [0.3, 0.4) is 0 Å². The van der Waals surface area contributed by atoms with Crippen LogP contribution in [0.4, 0.5) is 0 Å². The van der Waals surface area contributed by atoms with Crippen molar-refractivity contribution in [3.63, 3.8) is 0 Å². The predicted octanol–water partition coefficient (Wildman–Crippen LogP) is 2.05. The Morgan fingerprint density at radius 2 is 1.90 bits per heavy atom. The zero-order valence-corrected chi connectivity index (χ0v) is 13.2. The van der Waals surface area contributed by atoms with Gasteiger partial charge in [-0.2, -0.15) is 0 Å².